The van der Waals surface area contributed by atoms with Gasteiger partial charge in [0.05, 0.1) is 0 Å². The zero-order chi connectivity index (χ0) is 17.3. The van der Waals surface area contributed by atoms with Gasteiger partial charge in [0.1, 0.15) is 5.76 Å². The molecule has 128 valence electrons. The predicted molar refractivity (Wildman–Crippen MR) is 92.4 cm³/mol. The summed E-state index contributed by atoms with van der Waals surface area (Å²) in [6.07, 6.45) is 1.66. The lowest BCUT2D eigenvalue weighted by Gasteiger charge is -2.18. The summed E-state index contributed by atoms with van der Waals surface area (Å²) in [5.41, 5.74) is 3.61. The molecule has 24 heavy (non-hydrogen) atoms. The Hall–Kier alpha value is -2.37. The fraction of sp³-hybridized carbons (Fsp3) is 0.500. The summed E-state index contributed by atoms with van der Waals surface area (Å²) in [5, 5.41) is 3.89. The van der Waals surface area contributed by atoms with Crippen molar-refractivity contribution < 1.29 is 9.32 Å². The molecule has 3 heterocycles. The first-order chi connectivity index (χ1) is 11.5. The molecule has 2 aromatic heterocycles. The summed E-state index contributed by atoms with van der Waals surface area (Å²) in [7, 11) is 4.05. The Morgan fingerprint density at radius 1 is 1.38 bits per heavy atom. The minimum atomic E-state index is -0.0542. The summed E-state index contributed by atoms with van der Waals surface area (Å²) in [5.74, 6) is 0.955. The number of nitrogens with zero attached hydrogens (tertiary/aromatic N) is 4. The van der Waals surface area contributed by atoms with E-state index in [1.165, 1.54) is 0 Å². The summed E-state index contributed by atoms with van der Waals surface area (Å²) >= 11 is 0. The highest BCUT2D eigenvalue weighted by atomic mass is 16.5. The van der Waals surface area contributed by atoms with Gasteiger partial charge in [-0.15, -0.1) is 0 Å². The van der Waals surface area contributed by atoms with E-state index < -0.39 is 0 Å². The van der Waals surface area contributed by atoms with E-state index in [4.69, 9.17) is 4.52 Å². The minimum Gasteiger partial charge on any atom is -0.378 e. The van der Waals surface area contributed by atoms with Gasteiger partial charge in [0, 0.05) is 62.7 Å². The molecule has 0 bridgehead atoms. The summed E-state index contributed by atoms with van der Waals surface area (Å²) in [4.78, 5) is 21.2. The van der Waals surface area contributed by atoms with E-state index in [0.29, 0.717) is 12.2 Å². The third kappa shape index (κ3) is 3.27. The van der Waals surface area contributed by atoms with Crippen LogP contribution >= 0.6 is 0 Å². The molecule has 3 rings (SSSR count). The van der Waals surface area contributed by atoms with Crippen LogP contribution in [0, 0.1) is 6.92 Å². The first kappa shape index (κ1) is 16.5. The molecule has 6 heteroatoms. The van der Waals surface area contributed by atoms with Crippen molar-refractivity contribution in [3.63, 3.8) is 0 Å². The number of amides is 1. The van der Waals surface area contributed by atoms with Gasteiger partial charge in [-0.2, -0.15) is 0 Å². The number of aromatic nitrogens is 2. The second-order valence-corrected chi connectivity index (χ2v) is 6.55. The Morgan fingerprint density at radius 3 is 2.83 bits per heavy atom. The second-order valence-electron chi connectivity index (χ2n) is 6.55. The third-order valence-electron chi connectivity index (χ3n) is 4.49. The van der Waals surface area contributed by atoms with E-state index in [9.17, 15) is 4.79 Å². The van der Waals surface area contributed by atoms with Gasteiger partial charge < -0.3 is 14.3 Å². The Kier molecular flexibility index (Phi) is 4.55. The SMILES string of the molecule is CCc1cc(C(=O)N2CC[C@H](c3cc(N(C)C)cc(C)n3)C2)no1. The minimum absolute atomic E-state index is 0.0542. The number of carbonyl (C=O) groups excluding carboxylic acids is 1. The summed E-state index contributed by atoms with van der Waals surface area (Å²) in [6, 6.07) is 5.94. The lowest BCUT2D eigenvalue weighted by atomic mass is 10.0. The van der Waals surface area contributed by atoms with E-state index in [-0.39, 0.29) is 11.8 Å². The number of hydrogen-bond acceptors (Lipinski definition) is 5. The zero-order valence-corrected chi connectivity index (χ0v) is 14.7. The van der Waals surface area contributed by atoms with Crippen molar-refractivity contribution in [1.29, 1.82) is 0 Å². The summed E-state index contributed by atoms with van der Waals surface area (Å²) < 4.78 is 5.15. The van der Waals surface area contributed by atoms with E-state index in [0.717, 1.165) is 42.2 Å². The summed E-state index contributed by atoms with van der Waals surface area (Å²) in [6.45, 7) is 5.39. The van der Waals surface area contributed by atoms with Gasteiger partial charge in [0.15, 0.2) is 5.69 Å². The van der Waals surface area contributed by atoms with Crippen molar-refractivity contribution in [3.8, 4) is 0 Å². The quantitative estimate of drug-likeness (QED) is 0.863. The van der Waals surface area contributed by atoms with Crippen LogP contribution in [0.2, 0.25) is 0 Å². The predicted octanol–water partition coefficient (Wildman–Crippen LogP) is 2.64. The number of aryl methyl sites for hydroxylation is 2. The van der Waals surface area contributed by atoms with Crippen molar-refractivity contribution in [2.75, 3.05) is 32.1 Å². The largest absolute Gasteiger partial charge is 0.378 e. The van der Waals surface area contributed by atoms with Crippen LogP contribution in [-0.2, 0) is 6.42 Å². The number of rotatable bonds is 4. The molecule has 0 aliphatic carbocycles. The molecule has 0 unspecified atom stereocenters. The van der Waals surface area contributed by atoms with Crippen LogP contribution < -0.4 is 4.90 Å². The van der Waals surface area contributed by atoms with Gasteiger partial charge in [-0.1, -0.05) is 12.1 Å². The monoisotopic (exact) mass is 328 g/mol. The molecule has 1 aliphatic heterocycles. The first-order valence-electron chi connectivity index (χ1n) is 8.38. The number of pyridine rings is 1. The van der Waals surface area contributed by atoms with Crippen LogP contribution in [0.1, 0.15) is 46.9 Å². The molecule has 6 nitrogen and oxygen atoms in total. The highest BCUT2D eigenvalue weighted by Gasteiger charge is 2.30. The van der Waals surface area contributed by atoms with Crippen molar-refractivity contribution >= 4 is 11.6 Å². The van der Waals surface area contributed by atoms with Gasteiger partial charge in [-0.25, -0.2) is 0 Å². The molecule has 0 radical (unpaired) electrons. The molecule has 0 N–H and O–H groups in total. The normalized spacial score (nSPS) is 17.3. The topological polar surface area (TPSA) is 62.5 Å². The van der Waals surface area contributed by atoms with Gasteiger partial charge in [0.2, 0.25) is 0 Å². The lowest BCUT2D eigenvalue weighted by molar-refractivity contribution is 0.0780. The van der Waals surface area contributed by atoms with Crippen molar-refractivity contribution in [2.24, 2.45) is 0 Å². The van der Waals surface area contributed by atoms with E-state index in [2.05, 4.69) is 27.2 Å². The maximum absolute atomic E-state index is 12.6. The number of hydrogen-bond donors (Lipinski definition) is 0. The van der Waals surface area contributed by atoms with Crippen LogP contribution in [0.25, 0.3) is 0 Å². The molecule has 1 saturated heterocycles. The molecular formula is C18H24N4O2. The maximum atomic E-state index is 12.6. The Morgan fingerprint density at radius 2 is 2.17 bits per heavy atom. The Bertz CT molecular complexity index is 738. The van der Waals surface area contributed by atoms with Crippen LogP contribution in [0.5, 0.6) is 0 Å². The number of carbonyl (C=O) groups is 1. The zero-order valence-electron chi connectivity index (χ0n) is 14.7. The number of likely N-dealkylation sites (tertiary alicyclic amines) is 1. The van der Waals surface area contributed by atoms with E-state index in [1.54, 1.807) is 6.07 Å². The fourth-order valence-electron chi connectivity index (χ4n) is 3.07. The number of anilines is 1. The van der Waals surface area contributed by atoms with Crippen molar-refractivity contribution in [2.45, 2.75) is 32.6 Å². The van der Waals surface area contributed by atoms with E-state index >= 15 is 0 Å². The van der Waals surface area contributed by atoms with Crippen LogP contribution in [-0.4, -0.2) is 48.1 Å². The fourth-order valence-corrected chi connectivity index (χ4v) is 3.07. The van der Waals surface area contributed by atoms with Gasteiger partial charge >= 0.3 is 0 Å². The second kappa shape index (κ2) is 6.63. The van der Waals surface area contributed by atoms with E-state index in [1.807, 2.05) is 32.8 Å². The van der Waals surface area contributed by atoms with Crippen LogP contribution in [0.3, 0.4) is 0 Å². The highest BCUT2D eigenvalue weighted by Crippen LogP contribution is 2.29. The molecule has 2 aromatic rings. The molecule has 1 atom stereocenters. The smallest absolute Gasteiger partial charge is 0.276 e. The molecule has 1 amide bonds. The molecule has 1 fully saturated rings. The molecule has 0 saturated carbocycles. The average Bonchev–Trinajstić information content (AvgIpc) is 3.23. The Balaban J connectivity index is 1.74. The maximum Gasteiger partial charge on any atom is 0.276 e. The van der Waals surface area contributed by atoms with Crippen molar-refractivity contribution in [3.05, 3.63) is 41.0 Å². The third-order valence-corrected chi connectivity index (χ3v) is 4.49. The van der Waals surface area contributed by atoms with Crippen LogP contribution in [0.4, 0.5) is 5.69 Å². The van der Waals surface area contributed by atoms with Gasteiger partial charge in [0.25, 0.3) is 5.91 Å². The van der Waals surface area contributed by atoms with Crippen molar-refractivity contribution in [1.82, 2.24) is 15.0 Å². The molecule has 0 aromatic carbocycles. The molecular weight excluding hydrogens is 304 g/mol. The lowest BCUT2D eigenvalue weighted by Crippen LogP contribution is -2.28. The first-order valence-corrected chi connectivity index (χ1v) is 8.38. The van der Waals surface area contributed by atoms with Crippen LogP contribution in [0.15, 0.2) is 22.7 Å². The van der Waals surface area contributed by atoms with Gasteiger partial charge in [-0.3, -0.25) is 9.78 Å². The molecule has 1 aliphatic rings. The highest BCUT2D eigenvalue weighted by molar-refractivity contribution is 5.92. The van der Waals surface area contributed by atoms with Gasteiger partial charge in [-0.05, 0) is 25.5 Å². The molecule has 0 spiro atoms. The standard InChI is InChI=1S/C18H24N4O2/c1-5-15-10-17(20-24-15)18(23)22-7-6-13(11-22)16-9-14(21(3)4)8-12(2)19-16/h8-10,13H,5-7,11H2,1-4H3/t13-/m0/s1. The Labute approximate surface area is 142 Å². The average molecular weight is 328 g/mol.